The van der Waals surface area contributed by atoms with Crippen LogP contribution in [-0.2, 0) is 19.9 Å². The summed E-state index contributed by atoms with van der Waals surface area (Å²) in [6.45, 7) is 1.54. The highest BCUT2D eigenvalue weighted by Gasteiger charge is 2.38. The lowest BCUT2D eigenvalue weighted by atomic mass is 10.2. The van der Waals surface area contributed by atoms with E-state index in [-0.39, 0.29) is 24.0 Å². The van der Waals surface area contributed by atoms with Crippen molar-refractivity contribution in [3.63, 3.8) is 0 Å². The Bertz CT molecular complexity index is 478. The van der Waals surface area contributed by atoms with Crippen LogP contribution in [0, 0.1) is 0 Å². The Hall–Kier alpha value is -0.180. The first-order valence-electron chi connectivity index (χ1n) is 6.31. The van der Waals surface area contributed by atoms with Crippen molar-refractivity contribution in [1.29, 1.82) is 0 Å². The number of nitrogens with one attached hydrogen (secondary N) is 2. The molecule has 2 heterocycles. The second-order valence-electron chi connectivity index (χ2n) is 5.08. The van der Waals surface area contributed by atoms with E-state index in [1.54, 1.807) is 0 Å². The molecule has 0 radical (unpaired) electrons. The molecule has 0 aromatic heterocycles. The zero-order chi connectivity index (χ0) is 13.2. The first kappa shape index (κ1) is 14.2. The third kappa shape index (κ3) is 3.66. The molecule has 2 aliphatic heterocycles. The van der Waals surface area contributed by atoms with E-state index >= 15 is 0 Å². The van der Waals surface area contributed by atoms with Crippen LogP contribution >= 0.6 is 0 Å². The molecule has 6 nitrogen and oxygen atoms in total. The number of rotatable bonds is 3. The van der Waals surface area contributed by atoms with Gasteiger partial charge in [-0.2, -0.15) is 0 Å². The number of hydrogen-bond donors (Lipinski definition) is 2. The van der Waals surface area contributed by atoms with Crippen LogP contribution in [0.25, 0.3) is 0 Å². The number of sulfonamides is 1. The molecule has 2 unspecified atom stereocenters. The molecule has 18 heavy (non-hydrogen) atoms. The largest absolute Gasteiger partial charge is 0.315 e. The van der Waals surface area contributed by atoms with Crippen LogP contribution in [0.15, 0.2) is 0 Å². The van der Waals surface area contributed by atoms with E-state index in [0.29, 0.717) is 6.54 Å². The van der Waals surface area contributed by atoms with E-state index in [2.05, 4.69) is 10.0 Å². The fourth-order valence-electron chi connectivity index (χ4n) is 2.45. The second-order valence-corrected chi connectivity index (χ2v) is 9.31. The van der Waals surface area contributed by atoms with Crippen molar-refractivity contribution in [3.8, 4) is 0 Å². The molecule has 2 saturated heterocycles. The predicted octanol–water partition coefficient (Wildman–Crippen LogP) is -0.765. The molecule has 0 saturated carbocycles. The van der Waals surface area contributed by atoms with Crippen LogP contribution in [0.4, 0.5) is 0 Å². The average Bonchev–Trinajstić information content (AvgIpc) is 2.49. The molecular formula is C10H20N2O4S2. The van der Waals surface area contributed by atoms with E-state index in [9.17, 15) is 16.8 Å². The molecule has 0 aromatic carbocycles. The van der Waals surface area contributed by atoms with Crippen molar-refractivity contribution in [2.45, 2.75) is 37.0 Å². The van der Waals surface area contributed by atoms with Gasteiger partial charge < -0.3 is 5.32 Å². The normalized spacial score (nSPS) is 33.1. The highest BCUT2D eigenvalue weighted by Crippen LogP contribution is 2.19. The molecule has 0 aliphatic carbocycles. The van der Waals surface area contributed by atoms with Gasteiger partial charge in [-0.3, -0.25) is 0 Å². The van der Waals surface area contributed by atoms with Gasteiger partial charge in [-0.25, -0.2) is 21.6 Å². The summed E-state index contributed by atoms with van der Waals surface area (Å²) in [7, 11) is -6.68. The summed E-state index contributed by atoms with van der Waals surface area (Å²) in [6.07, 6.45) is 3.07. The van der Waals surface area contributed by atoms with Crippen molar-refractivity contribution in [1.82, 2.24) is 10.0 Å². The molecule has 0 spiro atoms. The third-order valence-electron chi connectivity index (χ3n) is 3.51. The third-order valence-corrected chi connectivity index (χ3v) is 7.43. The average molecular weight is 296 g/mol. The fourth-order valence-corrected chi connectivity index (χ4v) is 6.77. The molecule has 2 aliphatic rings. The van der Waals surface area contributed by atoms with Gasteiger partial charge in [0.1, 0.15) is 0 Å². The van der Waals surface area contributed by atoms with Gasteiger partial charge in [0.2, 0.25) is 10.0 Å². The maximum absolute atomic E-state index is 12.1. The van der Waals surface area contributed by atoms with E-state index < -0.39 is 25.1 Å². The van der Waals surface area contributed by atoms with E-state index in [0.717, 1.165) is 25.8 Å². The summed E-state index contributed by atoms with van der Waals surface area (Å²) < 4.78 is 49.5. The van der Waals surface area contributed by atoms with E-state index in [1.165, 1.54) is 0 Å². The summed E-state index contributed by atoms with van der Waals surface area (Å²) in [4.78, 5) is 0. The summed E-state index contributed by atoms with van der Waals surface area (Å²) >= 11 is 0. The van der Waals surface area contributed by atoms with Crippen LogP contribution in [-0.4, -0.2) is 52.7 Å². The molecule has 2 atom stereocenters. The van der Waals surface area contributed by atoms with E-state index in [4.69, 9.17) is 0 Å². The van der Waals surface area contributed by atoms with Gasteiger partial charge >= 0.3 is 0 Å². The lowest BCUT2D eigenvalue weighted by Crippen LogP contribution is -2.45. The van der Waals surface area contributed by atoms with Crippen LogP contribution in [0.5, 0.6) is 0 Å². The first-order valence-corrected chi connectivity index (χ1v) is 9.68. The minimum absolute atomic E-state index is 0.0124. The summed E-state index contributed by atoms with van der Waals surface area (Å²) in [5, 5.41) is 2.41. The molecule has 2 N–H and O–H groups in total. The SMILES string of the molecule is O=S1(=O)CCC(S(=O)(=O)NC2CCCCNC2)C1. The molecule has 0 aromatic rings. The fraction of sp³-hybridized carbons (Fsp3) is 1.00. The number of sulfone groups is 1. The first-order chi connectivity index (χ1) is 8.39. The van der Waals surface area contributed by atoms with Gasteiger partial charge in [0, 0.05) is 12.6 Å². The topological polar surface area (TPSA) is 92.3 Å². The van der Waals surface area contributed by atoms with Crippen molar-refractivity contribution in [2.75, 3.05) is 24.6 Å². The Morgan fingerprint density at radius 1 is 1.17 bits per heavy atom. The van der Waals surface area contributed by atoms with Crippen molar-refractivity contribution in [2.24, 2.45) is 0 Å². The lowest BCUT2D eigenvalue weighted by Gasteiger charge is -2.19. The zero-order valence-electron chi connectivity index (χ0n) is 10.3. The minimum atomic E-state index is -3.52. The summed E-state index contributed by atoms with van der Waals surface area (Å²) in [5.74, 6) is -0.246. The molecule has 0 bridgehead atoms. The van der Waals surface area contributed by atoms with Crippen molar-refractivity contribution < 1.29 is 16.8 Å². The highest BCUT2D eigenvalue weighted by molar-refractivity contribution is 7.95. The van der Waals surface area contributed by atoms with Gasteiger partial charge in [0.25, 0.3) is 0 Å². The second kappa shape index (κ2) is 5.44. The van der Waals surface area contributed by atoms with Gasteiger partial charge in [0.05, 0.1) is 16.8 Å². The van der Waals surface area contributed by atoms with Gasteiger partial charge in [-0.05, 0) is 25.8 Å². The Morgan fingerprint density at radius 2 is 1.94 bits per heavy atom. The molecule has 2 rings (SSSR count). The molecule has 0 amide bonds. The molecule has 2 fully saturated rings. The lowest BCUT2D eigenvalue weighted by molar-refractivity contribution is 0.514. The van der Waals surface area contributed by atoms with Gasteiger partial charge in [-0.15, -0.1) is 0 Å². The van der Waals surface area contributed by atoms with Crippen LogP contribution in [0.2, 0.25) is 0 Å². The number of hydrogen-bond acceptors (Lipinski definition) is 5. The summed E-state index contributed by atoms with van der Waals surface area (Å²) in [6, 6.07) is -0.110. The van der Waals surface area contributed by atoms with Crippen LogP contribution < -0.4 is 10.0 Å². The Kier molecular flexibility index (Phi) is 4.30. The molecular weight excluding hydrogens is 276 g/mol. The zero-order valence-corrected chi connectivity index (χ0v) is 11.9. The minimum Gasteiger partial charge on any atom is -0.315 e. The van der Waals surface area contributed by atoms with E-state index in [1.807, 2.05) is 0 Å². The Labute approximate surface area is 108 Å². The molecule has 106 valence electrons. The Morgan fingerprint density at radius 3 is 2.61 bits per heavy atom. The monoisotopic (exact) mass is 296 g/mol. The highest BCUT2D eigenvalue weighted by atomic mass is 32.2. The quantitative estimate of drug-likeness (QED) is 0.714. The Balaban J connectivity index is 1.98. The maximum atomic E-state index is 12.1. The predicted molar refractivity (Wildman–Crippen MR) is 69.6 cm³/mol. The van der Waals surface area contributed by atoms with Crippen LogP contribution in [0.3, 0.4) is 0 Å². The van der Waals surface area contributed by atoms with Crippen LogP contribution in [0.1, 0.15) is 25.7 Å². The molecule has 8 heteroatoms. The van der Waals surface area contributed by atoms with Gasteiger partial charge in [-0.1, -0.05) is 6.42 Å². The summed E-state index contributed by atoms with van der Waals surface area (Å²) in [5.41, 5.74) is 0. The van der Waals surface area contributed by atoms with Crippen molar-refractivity contribution in [3.05, 3.63) is 0 Å². The van der Waals surface area contributed by atoms with Gasteiger partial charge in [0.15, 0.2) is 9.84 Å². The standard InChI is InChI=1S/C10H20N2O4S2/c13-17(14)6-4-10(8-17)18(15,16)12-9-3-1-2-5-11-7-9/h9-12H,1-8H2. The van der Waals surface area contributed by atoms with Crippen molar-refractivity contribution >= 4 is 19.9 Å². The maximum Gasteiger partial charge on any atom is 0.215 e. The smallest absolute Gasteiger partial charge is 0.215 e.